The van der Waals surface area contributed by atoms with Crippen LogP contribution in [0.5, 0.6) is 0 Å². The van der Waals surface area contributed by atoms with Crippen LogP contribution in [0.2, 0.25) is 0 Å². The highest BCUT2D eigenvalue weighted by atomic mass is 32.2. The second-order valence-electron chi connectivity index (χ2n) is 1.97. The third-order valence-corrected chi connectivity index (χ3v) is 3.59. The first-order chi connectivity index (χ1) is 4.91. The average molecular weight is 194 g/mol. The van der Waals surface area contributed by atoms with Crippen molar-refractivity contribution in [2.75, 3.05) is 0 Å². The number of aromatic nitrogens is 1. The molecule has 0 atom stereocenters. The Hall–Kier alpha value is -0.660. The molecular weight excluding hydrogens is 188 g/mol. The first kappa shape index (κ1) is 8.44. The van der Waals surface area contributed by atoms with Gasteiger partial charge in [0.25, 0.3) is 0 Å². The van der Waals surface area contributed by atoms with E-state index in [-0.39, 0.29) is 4.21 Å². The van der Waals surface area contributed by atoms with Gasteiger partial charge in [-0.3, -0.25) is 4.79 Å². The van der Waals surface area contributed by atoms with E-state index in [0.717, 1.165) is 0 Å². The molecule has 1 rings (SSSR count). The molecule has 1 heterocycles. The largest absolute Gasteiger partial charge is 0.315 e. The molecule has 0 fully saturated rings. The number of hydrogen-bond donors (Lipinski definition) is 2. The van der Waals surface area contributed by atoms with Gasteiger partial charge in [0.2, 0.25) is 10.0 Å². The molecule has 0 spiro atoms. The van der Waals surface area contributed by atoms with Crippen molar-refractivity contribution in [2.45, 2.75) is 11.1 Å². The number of thiazole rings is 1. The van der Waals surface area contributed by atoms with E-state index < -0.39 is 14.9 Å². The standard InChI is InChI=1S/C4H6N2O3S2/c1-2-3(11(5,8)9)10-4(7)6-2/h1H3,(H,6,7)(H2,5,8,9). The van der Waals surface area contributed by atoms with Crippen molar-refractivity contribution in [1.29, 1.82) is 0 Å². The van der Waals surface area contributed by atoms with Gasteiger partial charge in [0.15, 0.2) is 4.21 Å². The Labute approximate surface area is 66.9 Å². The van der Waals surface area contributed by atoms with Crippen LogP contribution in [0.1, 0.15) is 5.69 Å². The molecule has 0 bridgehead atoms. The Kier molecular flexibility index (Phi) is 1.87. The summed E-state index contributed by atoms with van der Waals surface area (Å²) >= 11 is 0.597. The predicted octanol–water partition coefficient (Wildman–Crippen LogP) is -0.608. The van der Waals surface area contributed by atoms with Gasteiger partial charge >= 0.3 is 4.87 Å². The van der Waals surface area contributed by atoms with Crippen molar-refractivity contribution >= 4 is 21.4 Å². The molecule has 62 valence electrons. The van der Waals surface area contributed by atoms with Crippen molar-refractivity contribution in [2.24, 2.45) is 5.14 Å². The van der Waals surface area contributed by atoms with Gasteiger partial charge in [0.05, 0.1) is 0 Å². The Bertz CT molecular complexity index is 413. The number of aryl methyl sites for hydroxylation is 1. The molecule has 0 aliphatic carbocycles. The van der Waals surface area contributed by atoms with Crippen molar-refractivity contribution < 1.29 is 8.42 Å². The lowest BCUT2D eigenvalue weighted by atomic mass is 10.6. The van der Waals surface area contributed by atoms with Gasteiger partial charge in [0.1, 0.15) is 0 Å². The molecule has 3 N–H and O–H groups in total. The second kappa shape index (κ2) is 2.43. The van der Waals surface area contributed by atoms with Crippen LogP contribution in [0.3, 0.4) is 0 Å². The maximum Gasteiger partial charge on any atom is 0.305 e. The molecule has 0 saturated carbocycles. The highest BCUT2D eigenvalue weighted by Crippen LogP contribution is 2.12. The minimum absolute atomic E-state index is 0.0949. The van der Waals surface area contributed by atoms with Gasteiger partial charge < -0.3 is 4.98 Å². The maximum atomic E-state index is 10.7. The summed E-state index contributed by atoms with van der Waals surface area (Å²) in [6.07, 6.45) is 0. The number of nitrogens with two attached hydrogens (primary N) is 1. The molecule has 0 amide bonds. The lowest BCUT2D eigenvalue weighted by molar-refractivity contribution is 0.599. The monoisotopic (exact) mass is 194 g/mol. The van der Waals surface area contributed by atoms with Crippen molar-refractivity contribution in [3.8, 4) is 0 Å². The topological polar surface area (TPSA) is 93.0 Å². The van der Waals surface area contributed by atoms with Crippen LogP contribution in [0.25, 0.3) is 0 Å². The fraction of sp³-hybridized carbons (Fsp3) is 0.250. The van der Waals surface area contributed by atoms with E-state index in [4.69, 9.17) is 5.14 Å². The summed E-state index contributed by atoms with van der Waals surface area (Å²) in [5, 5.41) is 4.79. The highest BCUT2D eigenvalue weighted by molar-refractivity contribution is 7.91. The minimum Gasteiger partial charge on any atom is -0.315 e. The molecule has 1 aromatic rings. The molecule has 0 aliphatic rings. The van der Waals surface area contributed by atoms with Gasteiger partial charge in [-0.25, -0.2) is 13.6 Å². The molecule has 5 nitrogen and oxygen atoms in total. The fourth-order valence-electron chi connectivity index (χ4n) is 0.662. The van der Waals surface area contributed by atoms with E-state index >= 15 is 0 Å². The van der Waals surface area contributed by atoms with E-state index in [1.807, 2.05) is 0 Å². The zero-order valence-corrected chi connectivity index (χ0v) is 7.25. The number of aromatic amines is 1. The first-order valence-corrected chi connectivity index (χ1v) is 5.00. The van der Waals surface area contributed by atoms with E-state index in [1.54, 1.807) is 0 Å². The second-order valence-corrected chi connectivity index (χ2v) is 4.71. The van der Waals surface area contributed by atoms with Crippen molar-refractivity contribution in [3.63, 3.8) is 0 Å². The van der Waals surface area contributed by atoms with Crippen LogP contribution in [0.15, 0.2) is 9.00 Å². The lowest BCUT2D eigenvalue weighted by Crippen LogP contribution is -2.11. The first-order valence-electron chi connectivity index (χ1n) is 2.64. The Morgan fingerprint density at radius 2 is 2.09 bits per heavy atom. The number of hydrogen-bond acceptors (Lipinski definition) is 4. The van der Waals surface area contributed by atoms with Crippen LogP contribution in [-0.4, -0.2) is 13.4 Å². The third-order valence-electron chi connectivity index (χ3n) is 1.04. The number of primary sulfonamides is 1. The summed E-state index contributed by atoms with van der Waals surface area (Å²) in [5.41, 5.74) is 0.294. The van der Waals surface area contributed by atoms with Gasteiger partial charge in [-0.05, 0) is 6.92 Å². The summed E-state index contributed by atoms with van der Waals surface area (Å²) in [5.74, 6) is 0. The molecule has 7 heteroatoms. The van der Waals surface area contributed by atoms with Crippen LogP contribution >= 0.6 is 11.3 Å². The summed E-state index contributed by atoms with van der Waals surface area (Å²) < 4.78 is 21.3. The SMILES string of the molecule is Cc1[nH]c(=O)sc1S(N)(=O)=O. The summed E-state index contributed by atoms with van der Waals surface area (Å²) in [7, 11) is -3.73. The molecular formula is C4H6N2O3S2. The maximum absolute atomic E-state index is 10.7. The third kappa shape index (κ3) is 1.67. The summed E-state index contributed by atoms with van der Waals surface area (Å²) in [4.78, 5) is 12.5. The van der Waals surface area contributed by atoms with Gasteiger partial charge in [-0.15, -0.1) is 0 Å². The van der Waals surface area contributed by atoms with E-state index in [2.05, 4.69) is 4.98 Å². The van der Waals surface area contributed by atoms with Crippen LogP contribution in [0.4, 0.5) is 0 Å². The van der Waals surface area contributed by atoms with E-state index in [0.29, 0.717) is 17.0 Å². The van der Waals surface area contributed by atoms with Gasteiger partial charge in [0, 0.05) is 5.69 Å². The van der Waals surface area contributed by atoms with Gasteiger partial charge in [-0.1, -0.05) is 11.3 Å². The molecule has 0 radical (unpaired) electrons. The zero-order valence-electron chi connectivity index (χ0n) is 5.62. The molecule has 0 unspecified atom stereocenters. The smallest absolute Gasteiger partial charge is 0.305 e. The number of H-pyrrole nitrogens is 1. The van der Waals surface area contributed by atoms with Crippen molar-refractivity contribution in [1.82, 2.24) is 4.98 Å². The highest BCUT2D eigenvalue weighted by Gasteiger charge is 2.14. The predicted molar refractivity (Wildman–Crippen MR) is 41.0 cm³/mol. The van der Waals surface area contributed by atoms with Crippen LogP contribution in [-0.2, 0) is 10.0 Å². The quantitative estimate of drug-likeness (QED) is 0.624. The molecule has 11 heavy (non-hydrogen) atoms. The van der Waals surface area contributed by atoms with Crippen LogP contribution < -0.4 is 10.0 Å². The molecule has 0 aromatic carbocycles. The molecule has 0 saturated heterocycles. The van der Waals surface area contributed by atoms with E-state index in [9.17, 15) is 13.2 Å². The zero-order chi connectivity index (χ0) is 8.65. The lowest BCUT2D eigenvalue weighted by Gasteiger charge is -1.90. The molecule has 0 aliphatic heterocycles. The van der Waals surface area contributed by atoms with Gasteiger partial charge in [-0.2, -0.15) is 0 Å². The normalized spacial score (nSPS) is 11.8. The van der Waals surface area contributed by atoms with Crippen molar-refractivity contribution in [3.05, 3.63) is 15.4 Å². The Morgan fingerprint density at radius 1 is 1.55 bits per heavy atom. The Balaban J connectivity index is 3.48. The fourth-order valence-corrected chi connectivity index (χ4v) is 2.41. The number of sulfonamides is 1. The average Bonchev–Trinajstić information content (AvgIpc) is 2.08. The number of nitrogens with one attached hydrogen (secondary N) is 1. The minimum atomic E-state index is -3.73. The summed E-state index contributed by atoms with van der Waals surface area (Å²) in [6.45, 7) is 1.48. The molecule has 1 aromatic heterocycles. The van der Waals surface area contributed by atoms with Crippen LogP contribution in [0, 0.1) is 6.92 Å². The number of rotatable bonds is 1. The van der Waals surface area contributed by atoms with E-state index in [1.165, 1.54) is 6.92 Å². The Morgan fingerprint density at radius 3 is 2.27 bits per heavy atom. The summed E-state index contributed by atoms with van der Waals surface area (Å²) in [6, 6.07) is 0.